The second kappa shape index (κ2) is 10.6. The molecule has 0 saturated carbocycles. The lowest BCUT2D eigenvalue weighted by atomic mass is 10.1. The molecule has 1 aromatic carbocycles. The third kappa shape index (κ3) is 6.97. The predicted molar refractivity (Wildman–Crippen MR) is 89.6 cm³/mol. The average Bonchev–Trinajstić information content (AvgIpc) is 2.55. The maximum absolute atomic E-state index is 11.7. The molecule has 0 bridgehead atoms. The zero-order valence-electron chi connectivity index (χ0n) is 14.0. The highest BCUT2D eigenvalue weighted by Crippen LogP contribution is 2.27. The van der Waals surface area contributed by atoms with Crippen LogP contribution < -0.4 is 16.2 Å². The molecule has 7 nitrogen and oxygen atoms in total. The van der Waals surface area contributed by atoms with Crippen LogP contribution >= 0.6 is 0 Å². The molecular formula is C17H26N2O5. The molecule has 1 rings (SSSR count). The third-order valence-electron chi connectivity index (χ3n) is 3.33. The Bertz CT molecular complexity index is 548. The van der Waals surface area contributed by atoms with Gasteiger partial charge in [0.2, 0.25) is 0 Å². The van der Waals surface area contributed by atoms with E-state index in [1.54, 1.807) is 6.07 Å². The number of ether oxygens (including phenoxy) is 2. The van der Waals surface area contributed by atoms with E-state index in [4.69, 9.17) is 20.9 Å². The number of carbonyl (C=O) groups is 2. The first kappa shape index (κ1) is 19.9. The molecule has 1 atom stereocenters. The van der Waals surface area contributed by atoms with Crippen LogP contribution in [0, 0.1) is 0 Å². The highest BCUT2D eigenvalue weighted by Gasteiger charge is 2.17. The molecule has 0 aliphatic heterocycles. The molecular weight excluding hydrogens is 312 g/mol. The Morgan fingerprint density at radius 3 is 2.67 bits per heavy atom. The van der Waals surface area contributed by atoms with E-state index < -0.39 is 18.0 Å². The van der Waals surface area contributed by atoms with Crippen molar-refractivity contribution in [3.8, 4) is 11.5 Å². The van der Waals surface area contributed by atoms with E-state index in [0.29, 0.717) is 25.1 Å². The van der Waals surface area contributed by atoms with E-state index in [1.165, 1.54) is 12.1 Å². The summed E-state index contributed by atoms with van der Waals surface area (Å²) in [7, 11) is 0. The number of benzene rings is 1. The Hall–Kier alpha value is -2.12. The standard InChI is InChI=1S/C17H26N2O5/c1-2-3-9-23-17(22)13(19)10-12-6-7-15(14(20)11-12)24-16(21)5-4-8-18/h6-7,11,13,20H,2-5,8-10,18-19H2,1H3. The highest BCUT2D eigenvalue weighted by atomic mass is 16.5. The van der Waals surface area contributed by atoms with Gasteiger partial charge >= 0.3 is 11.9 Å². The number of rotatable bonds is 10. The first-order valence-corrected chi connectivity index (χ1v) is 8.12. The van der Waals surface area contributed by atoms with Gasteiger partial charge in [-0.1, -0.05) is 19.4 Å². The summed E-state index contributed by atoms with van der Waals surface area (Å²) in [5.74, 6) is -1.04. The monoisotopic (exact) mass is 338 g/mol. The Kier molecular flexibility index (Phi) is 8.81. The van der Waals surface area contributed by atoms with Gasteiger partial charge in [-0.2, -0.15) is 0 Å². The van der Waals surface area contributed by atoms with E-state index in [1.807, 2.05) is 6.92 Å². The lowest BCUT2D eigenvalue weighted by molar-refractivity contribution is -0.145. The van der Waals surface area contributed by atoms with Crippen LogP contribution in [0.1, 0.15) is 38.2 Å². The highest BCUT2D eigenvalue weighted by molar-refractivity contribution is 5.76. The van der Waals surface area contributed by atoms with Gasteiger partial charge in [-0.05, 0) is 43.5 Å². The molecule has 0 heterocycles. The van der Waals surface area contributed by atoms with Crippen molar-refractivity contribution in [3.63, 3.8) is 0 Å². The molecule has 0 aromatic heterocycles. The maximum atomic E-state index is 11.7. The number of nitrogens with two attached hydrogens (primary N) is 2. The van der Waals surface area contributed by atoms with E-state index >= 15 is 0 Å². The van der Waals surface area contributed by atoms with Crippen molar-refractivity contribution >= 4 is 11.9 Å². The molecule has 0 aliphatic carbocycles. The molecule has 0 fully saturated rings. The molecule has 5 N–H and O–H groups in total. The van der Waals surface area contributed by atoms with Crippen LogP contribution in [0.5, 0.6) is 11.5 Å². The van der Waals surface area contributed by atoms with Crippen LogP contribution in [-0.4, -0.2) is 36.2 Å². The number of hydrogen-bond donors (Lipinski definition) is 3. The molecule has 134 valence electrons. The van der Waals surface area contributed by atoms with Gasteiger partial charge in [0, 0.05) is 6.42 Å². The van der Waals surface area contributed by atoms with Gasteiger partial charge in [0.05, 0.1) is 6.61 Å². The van der Waals surface area contributed by atoms with Crippen LogP contribution in [0.15, 0.2) is 18.2 Å². The van der Waals surface area contributed by atoms with Crippen molar-refractivity contribution in [1.29, 1.82) is 0 Å². The van der Waals surface area contributed by atoms with E-state index in [9.17, 15) is 14.7 Å². The molecule has 7 heteroatoms. The van der Waals surface area contributed by atoms with E-state index in [-0.39, 0.29) is 24.3 Å². The van der Waals surface area contributed by atoms with Crippen molar-refractivity contribution in [3.05, 3.63) is 23.8 Å². The Morgan fingerprint density at radius 2 is 2.04 bits per heavy atom. The maximum Gasteiger partial charge on any atom is 0.323 e. The van der Waals surface area contributed by atoms with Crippen molar-refractivity contribution in [2.45, 2.75) is 45.1 Å². The van der Waals surface area contributed by atoms with Gasteiger partial charge in [0.1, 0.15) is 6.04 Å². The molecule has 0 amide bonds. The van der Waals surface area contributed by atoms with Gasteiger partial charge in [0.25, 0.3) is 0 Å². The third-order valence-corrected chi connectivity index (χ3v) is 3.33. The molecule has 1 unspecified atom stereocenters. The second-order valence-corrected chi connectivity index (χ2v) is 5.50. The Morgan fingerprint density at radius 1 is 1.29 bits per heavy atom. The van der Waals surface area contributed by atoms with Gasteiger partial charge in [-0.15, -0.1) is 0 Å². The van der Waals surface area contributed by atoms with E-state index in [2.05, 4.69) is 0 Å². The van der Waals surface area contributed by atoms with Crippen LogP contribution in [0.3, 0.4) is 0 Å². The number of hydrogen-bond acceptors (Lipinski definition) is 7. The van der Waals surface area contributed by atoms with Crippen LogP contribution in [0.25, 0.3) is 0 Å². The minimum Gasteiger partial charge on any atom is -0.504 e. The van der Waals surface area contributed by atoms with Crippen molar-refractivity contribution in [2.75, 3.05) is 13.2 Å². The van der Waals surface area contributed by atoms with Crippen LogP contribution in [0.4, 0.5) is 0 Å². The Labute approximate surface area is 141 Å². The lowest BCUT2D eigenvalue weighted by Gasteiger charge is -2.12. The van der Waals surface area contributed by atoms with Gasteiger partial charge in [0.15, 0.2) is 11.5 Å². The molecule has 0 radical (unpaired) electrons. The quantitative estimate of drug-likeness (QED) is 0.333. The fraction of sp³-hybridized carbons (Fsp3) is 0.529. The second-order valence-electron chi connectivity index (χ2n) is 5.50. The van der Waals surface area contributed by atoms with Gasteiger partial charge in [-0.3, -0.25) is 9.59 Å². The zero-order chi connectivity index (χ0) is 17.9. The fourth-order valence-electron chi connectivity index (χ4n) is 1.96. The summed E-state index contributed by atoms with van der Waals surface area (Å²) >= 11 is 0. The van der Waals surface area contributed by atoms with Gasteiger partial charge in [-0.25, -0.2) is 0 Å². The lowest BCUT2D eigenvalue weighted by Crippen LogP contribution is -2.34. The fourth-order valence-corrected chi connectivity index (χ4v) is 1.96. The predicted octanol–water partition coefficient (Wildman–Crippen LogP) is 1.25. The summed E-state index contributed by atoms with van der Waals surface area (Å²) in [4.78, 5) is 23.3. The zero-order valence-corrected chi connectivity index (χ0v) is 14.0. The summed E-state index contributed by atoms with van der Waals surface area (Å²) in [6.45, 7) is 2.75. The molecule has 0 spiro atoms. The van der Waals surface area contributed by atoms with E-state index in [0.717, 1.165) is 12.8 Å². The molecule has 0 saturated heterocycles. The van der Waals surface area contributed by atoms with Crippen molar-refractivity contribution < 1.29 is 24.2 Å². The minimum absolute atomic E-state index is 0.0693. The molecule has 24 heavy (non-hydrogen) atoms. The Balaban J connectivity index is 2.57. The van der Waals surface area contributed by atoms with Crippen molar-refractivity contribution in [1.82, 2.24) is 0 Å². The number of carbonyl (C=O) groups excluding carboxylic acids is 2. The smallest absolute Gasteiger partial charge is 0.323 e. The first-order valence-electron chi connectivity index (χ1n) is 8.12. The summed E-state index contributed by atoms with van der Waals surface area (Å²) in [5, 5.41) is 9.93. The first-order chi connectivity index (χ1) is 11.5. The number of esters is 2. The summed E-state index contributed by atoms with van der Waals surface area (Å²) in [5.41, 5.74) is 11.8. The van der Waals surface area contributed by atoms with Gasteiger partial charge < -0.3 is 26.0 Å². The molecule has 1 aromatic rings. The number of phenolic OH excluding ortho intramolecular Hbond substituents is 1. The topological polar surface area (TPSA) is 125 Å². The van der Waals surface area contributed by atoms with Crippen LogP contribution in [0.2, 0.25) is 0 Å². The summed E-state index contributed by atoms with van der Waals surface area (Å²) < 4.78 is 10.1. The number of phenols is 1. The summed E-state index contributed by atoms with van der Waals surface area (Å²) in [6.07, 6.45) is 2.66. The summed E-state index contributed by atoms with van der Waals surface area (Å²) in [6, 6.07) is 3.73. The molecule has 0 aliphatic rings. The van der Waals surface area contributed by atoms with Crippen LogP contribution in [-0.2, 0) is 20.7 Å². The largest absolute Gasteiger partial charge is 0.504 e. The number of aromatic hydroxyl groups is 1. The number of unbranched alkanes of at least 4 members (excludes halogenated alkanes) is 1. The normalized spacial score (nSPS) is 11.8. The average molecular weight is 338 g/mol. The SMILES string of the molecule is CCCCOC(=O)C(N)Cc1ccc(OC(=O)CCCN)c(O)c1. The minimum atomic E-state index is -0.806. The van der Waals surface area contributed by atoms with Crippen molar-refractivity contribution in [2.24, 2.45) is 11.5 Å².